The molecule has 150 valence electrons. The monoisotopic (exact) mass is 410 g/mol. The van der Waals surface area contributed by atoms with Crippen LogP contribution in [0.25, 0.3) is 21.3 Å². The van der Waals surface area contributed by atoms with E-state index in [9.17, 15) is 9.90 Å². The van der Waals surface area contributed by atoms with Crippen LogP contribution in [0, 0.1) is 5.41 Å². The molecule has 7 nitrogen and oxygen atoms in total. The lowest BCUT2D eigenvalue weighted by Crippen LogP contribution is -2.37. The Morgan fingerprint density at radius 1 is 1.21 bits per heavy atom. The van der Waals surface area contributed by atoms with E-state index < -0.39 is 0 Å². The van der Waals surface area contributed by atoms with Gasteiger partial charge in [0.1, 0.15) is 5.52 Å². The van der Waals surface area contributed by atoms with E-state index in [4.69, 9.17) is 4.74 Å². The summed E-state index contributed by atoms with van der Waals surface area (Å²) in [6.07, 6.45) is 4.69. The quantitative estimate of drug-likeness (QED) is 0.664. The summed E-state index contributed by atoms with van der Waals surface area (Å²) in [6.45, 7) is 3.07. The van der Waals surface area contributed by atoms with Gasteiger partial charge in [0.2, 0.25) is 5.88 Å². The number of carbonyl (C=O) groups is 1. The molecule has 2 aliphatic heterocycles. The first kappa shape index (κ1) is 18.3. The van der Waals surface area contributed by atoms with E-state index in [1.165, 1.54) is 11.3 Å². The topological polar surface area (TPSA) is 87.6 Å². The van der Waals surface area contributed by atoms with Crippen molar-refractivity contribution >= 4 is 32.7 Å². The van der Waals surface area contributed by atoms with Crippen LogP contribution in [-0.2, 0) is 4.74 Å². The van der Waals surface area contributed by atoms with Crippen molar-refractivity contribution in [2.45, 2.75) is 19.3 Å². The predicted molar refractivity (Wildman–Crippen MR) is 112 cm³/mol. The van der Waals surface area contributed by atoms with Crippen LogP contribution in [-0.4, -0.2) is 52.3 Å². The van der Waals surface area contributed by atoms with Crippen LogP contribution in [0.1, 0.15) is 19.3 Å². The van der Waals surface area contributed by atoms with Gasteiger partial charge in [-0.05, 0) is 30.2 Å². The van der Waals surface area contributed by atoms with E-state index in [2.05, 4.69) is 15.3 Å². The number of aromatic nitrogens is 2. The number of anilines is 1. The van der Waals surface area contributed by atoms with E-state index in [0.29, 0.717) is 10.6 Å². The summed E-state index contributed by atoms with van der Waals surface area (Å²) in [6, 6.07) is 9.70. The number of hydrogen-bond donors (Lipinski definition) is 2. The van der Waals surface area contributed by atoms with Crippen LogP contribution in [0.2, 0.25) is 0 Å². The van der Waals surface area contributed by atoms with Crippen molar-refractivity contribution in [1.82, 2.24) is 14.9 Å². The second kappa shape index (κ2) is 7.27. The molecule has 2 N–H and O–H groups in total. The van der Waals surface area contributed by atoms with Crippen molar-refractivity contribution in [1.29, 1.82) is 0 Å². The summed E-state index contributed by atoms with van der Waals surface area (Å²) in [5.41, 5.74) is 2.49. The number of pyridine rings is 1. The zero-order valence-corrected chi connectivity index (χ0v) is 16.7. The number of aromatic hydroxyl groups is 1. The average molecular weight is 410 g/mol. The minimum absolute atomic E-state index is 0.126. The molecule has 4 heterocycles. The van der Waals surface area contributed by atoms with Crippen molar-refractivity contribution in [2.24, 2.45) is 5.41 Å². The Balaban J connectivity index is 1.38. The van der Waals surface area contributed by atoms with Crippen LogP contribution in [0.5, 0.6) is 5.88 Å². The fraction of sp³-hybridized carbons (Fsp3) is 0.381. The van der Waals surface area contributed by atoms with E-state index in [0.717, 1.165) is 61.4 Å². The van der Waals surface area contributed by atoms with Gasteiger partial charge in [-0.3, -0.25) is 5.32 Å². The molecular weight excluding hydrogens is 388 g/mol. The number of ether oxygens (including phenoxy) is 1. The minimum Gasteiger partial charge on any atom is -0.492 e. The van der Waals surface area contributed by atoms with Gasteiger partial charge in [0.05, 0.1) is 4.70 Å². The first-order valence-corrected chi connectivity index (χ1v) is 10.6. The summed E-state index contributed by atoms with van der Waals surface area (Å²) in [5, 5.41) is 13.6. The van der Waals surface area contributed by atoms with Gasteiger partial charge in [0, 0.05) is 38.1 Å². The minimum atomic E-state index is -0.138. The van der Waals surface area contributed by atoms with Crippen molar-refractivity contribution < 1.29 is 14.6 Å². The summed E-state index contributed by atoms with van der Waals surface area (Å²) in [4.78, 5) is 23.2. The van der Waals surface area contributed by atoms with Gasteiger partial charge in [-0.1, -0.05) is 41.7 Å². The fourth-order valence-corrected chi connectivity index (χ4v) is 5.25. The van der Waals surface area contributed by atoms with Gasteiger partial charge >= 0.3 is 6.03 Å². The number of fused-ring (bicyclic) bond motifs is 1. The highest BCUT2D eigenvalue weighted by atomic mass is 32.1. The Bertz CT molecular complexity index is 1050. The summed E-state index contributed by atoms with van der Waals surface area (Å²) < 4.78 is 6.29. The van der Waals surface area contributed by atoms with Crippen molar-refractivity contribution in [3.05, 3.63) is 36.5 Å². The van der Waals surface area contributed by atoms with Crippen LogP contribution in [0.3, 0.4) is 0 Å². The molecular formula is C21H22N4O3S. The van der Waals surface area contributed by atoms with E-state index in [1.807, 2.05) is 35.2 Å². The Morgan fingerprint density at radius 2 is 2.00 bits per heavy atom. The van der Waals surface area contributed by atoms with E-state index in [-0.39, 0.29) is 17.3 Å². The number of benzene rings is 1. The number of hydrogen-bond acceptors (Lipinski definition) is 6. The summed E-state index contributed by atoms with van der Waals surface area (Å²) in [5.74, 6) is -0.126. The zero-order chi connectivity index (χ0) is 19.8. The molecule has 2 aromatic heterocycles. The third-order valence-corrected chi connectivity index (χ3v) is 6.98. The number of carbonyl (C=O) groups excluding carboxylic acids is 1. The molecule has 0 radical (unpaired) electrons. The smallest absolute Gasteiger partial charge is 0.323 e. The molecule has 5 rings (SSSR count). The van der Waals surface area contributed by atoms with Gasteiger partial charge in [-0.25, -0.2) is 14.8 Å². The molecule has 2 amide bonds. The molecule has 0 saturated carbocycles. The molecule has 2 aliphatic rings. The number of amides is 2. The first-order valence-electron chi connectivity index (χ1n) is 9.81. The lowest BCUT2D eigenvalue weighted by atomic mass is 9.80. The SMILES string of the molecule is O=C(Nc1nc2c(O)ncc(-c3ccccc3)c2s1)N1CCC2(CCOCC2)C1. The third-order valence-electron chi connectivity index (χ3n) is 5.98. The first-order chi connectivity index (χ1) is 14.1. The maximum Gasteiger partial charge on any atom is 0.323 e. The Hall–Kier alpha value is -2.71. The van der Waals surface area contributed by atoms with Crippen molar-refractivity contribution in [3.8, 4) is 17.0 Å². The molecule has 3 aromatic rings. The Labute approximate surface area is 172 Å². The number of nitrogens with zero attached hydrogens (tertiary/aromatic N) is 3. The normalized spacial score (nSPS) is 18.4. The molecule has 2 fully saturated rings. The lowest BCUT2D eigenvalue weighted by molar-refractivity contribution is 0.0211. The van der Waals surface area contributed by atoms with E-state index in [1.54, 1.807) is 6.20 Å². The zero-order valence-electron chi connectivity index (χ0n) is 15.9. The lowest BCUT2D eigenvalue weighted by Gasteiger charge is -2.33. The predicted octanol–water partition coefficient (Wildman–Crippen LogP) is 4.10. The van der Waals surface area contributed by atoms with Crippen LogP contribution >= 0.6 is 11.3 Å². The van der Waals surface area contributed by atoms with Gasteiger partial charge in [-0.15, -0.1) is 0 Å². The molecule has 29 heavy (non-hydrogen) atoms. The number of urea groups is 1. The third kappa shape index (κ3) is 3.42. The molecule has 0 aliphatic carbocycles. The average Bonchev–Trinajstić information content (AvgIpc) is 3.35. The largest absolute Gasteiger partial charge is 0.492 e. The second-order valence-electron chi connectivity index (χ2n) is 7.77. The molecule has 1 spiro atoms. The Morgan fingerprint density at radius 3 is 2.79 bits per heavy atom. The number of rotatable bonds is 2. The van der Waals surface area contributed by atoms with Crippen molar-refractivity contribution in [2.75, 3.05) is 31.6 Å². The van der Waals surface area contributed by atoms with Gasteiger partial charge in [0.15, 0.2) is 5.13 Å². The molecule has 1 aromatic carbocycles. The molecule has 2 saturated heterocycles. The summed E-state index contributed by atoms with van der Waals surface area (Å²) in [7, 11) is 0. The standard InChI is InChI=1S/C21H22N4O3S/c26-18-16-17(15(12-22-18)14-4-2-1-3-5-14)29-19(23-16)24-20(27)25-9-6-21(13-25)7-10-28-11-8-21/h1-5,12H,6-11,13H2,(H,22,26)(H,23,24,27). The molecule has 0 atom stereocenters. The highest BCUT2D eigenvalue weighted by Crippen LogP contribution is 2.41. The van der Waals surface area contributed by atoms with E-state index >= 15 is 0 Å². The number of nitrogens with one attached hydrogen (secondary N) is 1. The van der Waals surface area contributed by atoms with Gasteiger partial charge in [0.25, 0.3) is 0 Å². The Kier molecular flexibility index (Phi) is 4.60. The number of thiazole rings is 1. The second-order valence-corrected chi connectivity index (χ2v) is 8.77. The highest BCUT2D eigenvalue weighted by molar-refractivity contribution is 7.23. The van der Waals surface area contributed by atoms with Crippen LogP contribution in [0.4, 0.5) is 9.93 Å². The molecule has 0 unspecified atom stereocenters. The van der Waals surface area contributed by atoms with Gasteiger partial charge < -0.3 is 14.7 Å². The molecule has 0 bridgehead atoms. The highest BCUT2D eigenvalue weighted by Gasteiger charge is 2.41. The van der Waals surface area contributed by atoms with Crippen LogP contribution in [0.15, 0.2) is 36.5 Å². The fourth-order valence-electron chi connectivity index (χ4n) is 4.27. The maximum atomic E-state index is 12.8. The van der Waals surface area contributed by atoms with Gasteiger partial charge in [-0.2, -0.15) is 0 Å². The maximum absolute atomic E-state index is 12.8. The number of likely N-dealkylation sites (tertiary alicyclic amines) is 1. The van der Waals surface area contributed by atoms with Crippen molar-refractivity contribution in [3.63, 3.8) is 0 Å². The van der Waals surface area contributed by atoms with Crippen LogP contribution < -0.4 is 5.32 Å². The summed E-state index contributed by atoms with van der Waals surface area (Å²) >= 11 is 1.36. The molecule has 8 heteroatoms.